The first-order valence-corrected chi connectivity index (χ1v) is 5.92. The van der Waals surface area contributed by atoms with E-state index in [-0.39, 0.29) is 38.5 Å². The van der Waals surface area contributed by atoms with Crippen LogP contribution in [0.1, 0.15) is 25.7 Å². The molecule has 1 rings (SSSR count). The van der Waals surface area contributed by atoms with E-state index in [1.165, 1.54) is 4.90 Å². The van der Waals surface area contributed by atoms with Crippen molar-refractivity contribution in [1.82, 2.24) is 4.90 Å². The van der Waals surface area contributed by atoms with Crippen molar-refractivity contribution in [3.05, 3.63) is 0 Å². The second-order valence-electron chi connectivity index (χ2n) is 4.69. The van der Waals surface area contributed by atoms with E-state index in [4.69, 9.17) is 5.11 Å². The van der Waals surface area contributed by atoms with Crippen LogP contribution >= 0.6 is 0 Å². The minimum Gasteiger partial charge on any atom is -0.395 e. The summed E-state index contributed by atoms with van der Waals surface area (Å²) >= 11 is 0. The third kappa shape index (κ3) is 5.68. The molecule has 0 aromatic heterocycles. The van der Waals surface area contributed by atoms with Crippen molar-refractivity contribution in [3.63, 3.8) is 0 Å². The van der Waals surface area contributed by atoms with Crippen LogP contribution in [0.15, 0.2) is 0 Å². The van der Waals surface area contributed by atoms with Crippen LogP contribution in [-0.2, 0) is 0 Å². The lowest BCUT2D eigenvalue weighted by Gasteiger charge is -2.32. The second-order valence-corrected chi connectivity index (χ2v) is 4.69. The Labute approximate surface area is 98.6 Å². The van der Waals surface area contributed by atoms with Gasteiger partial charge < -0.3 is 5.11 Å². The van der Waals surface area contributed by atoms with E-state index >= 15 is 0 Å². The molecule has 1 fully saturated rings. The fraction of sp³-hybridized carbons (Fsp3) is 1.00. The molecule has 1 aliphatic rings. The van der Waals surface area contributed by atoms with Gasteiger partial charge in [0.15, 0.2) is 0 Å². The zero-order valence-electron chi connectivity index (χ0n) is 9.72. The summed E-state index contributed by atoms with van der Waals surface area (Å²) in [5.74, 6) is -2.90. The molecule has 17 heavy (non-hydrogen) atoms. The van der Waals surface area contributed by atoms with Crippen LogP contribution in [0.3, 0.4) is 0 Å². The van der Waals surface area contributed by atoms with Crippen LogP contribution in [-0.4, -0.2) is 48.6 Å². The number of hydrogen-bond donors (Lipinski definition) is 1. The Bertz CT molecular complexity index is 224. The van der Waals surface area contributed by atoms with Gasteiger partial charge in [-0.1, -0.05) is 0 Å². The van der Waals surface area contributed by atoms with Gasteiger partial charge in [0, 0.05) is 25.9 Å². The largest absolute Gasteiger partial charge is 0.395 e. The molecule has 0 amide bonds. The molecule has 6 heteroatoms. The molecule has 0 saturated heterocycles. The number of alkyl halides is 4. The molecule has 2 nitrogen and oxygen atoms in total. The van der Waals surface area contributed by atoms with Crippen LogP contribution in [0.25, 0.3) is 0 Å². The molecule has 1 atom stereocenters. The van der Waals surface area contributed by atoms with Crippen molar-refractivity contribution in [2.24, 2.45) is 5.92 Å². The first-order chi connectivity index (χ1) is 7.93. The zero-order valence-corrected chi connectivity index (χ0v) is 9.72. The van der Waals surface area contributed by atoms with Gasteiger partial charge in [-0.15, -0.1) is 0 Å². The summed E-state index contributed by atoms with van der Waals surface area (Å²) in [6.45, 7) is -0.342. The number of halogens is 4. The maximum atomic E-state index is 13.1. The standard InChI is InChI=1S/C11H19F4NO/c12-10(13)8-16(4-5-17)7-9-2-1-3-11(14,15)6-9/h9-10,17H,1-8H2. The predicted molar refractivity (Wildman–Crippen MR) is 56.4 cm³/mol. The van der Waals surface area contributed by atoms with E-state index < -0.39 is 18.9 Å². The Morgan fingerprint density at radius 2 is 2.06 bits per heavy atom. The number of rotatable bonds is 6. The highest BCUT2D eigenvalue weighted by molar-refractivity contribution is 4.80. The lowest BCUT2D eigenvalue weighted by molar-refractivity contribution is -0.0590. The summed E-state index contributed by atoms with van der Waals surface area (Å²) in [7, 11) is 0. The summed E-state index contributed by atoms with van der Waals surface area (Å²) in [4.78, 5) is 1.37. The molecule has 1 saturated carbocycles. The summed E-state index contributed by atoms with van der Waals surface area (Å²) < 4.78 is 50.8. The van der Waals surface area contributed by atoms with Crippen molar-refractivity contribution in [2.75, 3.05) is 26.2 Å². The lowest BCUT2D eigenvalue weighted by atomic mass is 9.86. The van der Waals surface area contributed by atoms with Crippen LogP contribution in [0.4, 0.5) is 17.6 Å². The summed E-state index contributed by atoms with van der Waals surface area (Å²) in [6, 6.07) is 0. The van der Waals surface area contributed by atoms with Crippen molar-refractivity contribution in [1.29, 1.82) is 0 Å². The van der Waals surface area contributed by atoms with Gasteiger partial charge in [-0.3, -0.25) is 4.90 Å². The van der Waals surface area contributed by atoms with Gasteiger partial charge in [-0.25, -0.2) is 17.6 Å². The molecular weight excluding hydrogens is 238 g/mol. The Morgan fingerprint density at radius 3 is 2.59 bits per heavy atom. The van der Waals surface area contributed by atoms with Crippen molar-refractivity contribution < 1.29 is 22.7 Å². The van der Waals surface area contributed by atoms with E-state index in [2.05, 4.69) is 0 Å². The first kappa shape index (κ1) is 14.7. The molecule has 102 valence electrons. The van der Waals surface area contributed by atoms with E-state index in [0.29, 0.717) is 12.8 Å². The molecular formula is C11H19F4NO. The summed E-state index contributed by atoms with van der Waals surface area (Å²) in [5, 5.41) is 8.75. The van der Waals surface area contributed by atoms with E-state index in [9.17, 15) is 17.6 Å². The fourth-order valence-corrected chi connectivity index (χ4v) is 2.39. The molecule has 1 N–H and O–H groups in total. The maximum absolute atomic E-state index is 13.1. The van der Waals surface area contributed by atoms with Gasteiger partial charge in [0.25, 0.3) is 6.43 Å². The topological polar surface area (TPSA) is 23.5 Å². The van der Waals surface area contributed by atoms with E-state index in [0.717, 1.165) is 0 Å². The van der Waals surface area contributed by atoms with Crippen LogP contribution in [0.2, 0.25) is 0 Å². The molecule has 0 spiro atoms. The molecule has 0 aromatic carbocycles. The summed E-state index contributed by atoms with van der Waals surface area (Å²) in [6.07, 6.45) is -1.72. The average molecular weight is 257 g/mol. The van der Waals surface area contributed by atoms with Gasteiger partial charge in [-0.05, 0) is 18.8 Å². The van der Waals surface area contributed by atoms with Gasteiger partial charge in [0.1, 0.15) is 0 Å². The second kappa shape index (κ2) is 6.54. The molecule has 1 aliphatic carbocycles. The quantitative estimate of drug-likeness (QED) is 0.738. The lowest BCUT2D eigenvalue weighted by Crippen LogP contribution is -2.39. The smallest absolute Gasteiger partial charge is 0.251 e. The number of aliphatic hydroxyl groups excluding tert-OH is 1. The number of aliphatic hydroxyl groups is 1. The monoisotopic (exact) mass is 257 g/mol. The fourth-order valence-electron chi connectivity index (χ4n) is 2.39. The first-order valence-electron chi connectivity index (χ1n) is 5.92. The molecule has 1 unspecified atom stereocenters. The maximum Gasteiger partial charge on any atom is 0.251 e. The highest BCUT2D eigenvalue weighted by Crippen LogP contribution is 2.36. The average Bonchev–Trinajstić information content (AvgIpc) is 2.15. The highest BCUT2D eigenvalue weighted by Gasteiger charge is 2.36. The van der Waals surface area contributed by atoms with Crippen molar-refractivity contribution in [2.45, 2.75) is 38.0 Å². The van der Waals surface area contributed by atoms with Crippen molar-refractivity contribution in [3.8, 4) is 0 Å². The van der Waals surface area contributed by atoms with E-state index in [1.54, 1.807) is 0 Å². The van der Waals surface area contributed by atoms with Gasteiger partial charge >= 0.3 is 0 Å². The SMILES string of the molecule is OCCN(CC(F)F)CC1CCCC(F)(F)C1. The Hall–Kier alpha value is -0.360. The van der Waals surface area contributed by atoms with Crippen LogP contribution < -0.4 is 0 Å². The normalized spacial score (nSPS) is 24.5. The molecule has 0 aromatic rings. The van der Waals surface area contributed by atoms with Crippen LogP contribution in [0.5, 0.6) is 0 Å². The Morgan fingerprint density at radius 1 is 1.35 bits per heavy atom. The number of nitrogens with zero attached hydrogens (tertiary/aromatic N) is 1. The zero-order chi connectivity index (χ0) is 12.9. The van der Waals surface area contributed by atoms with E-state index in [1.807, 2.05) is 0 Å². The highest BCUT2D eigenvalue weighted by atomic mass is 19.3. The summed E-state index contributed by atoms with van der Waals surface area (Å²) in [5.41, 5.74) is 0. The third-order valence-electron chi connectivity index (χ3n) is 3.07. The minimum atomic E-state index is -2.65. The van der Waals surface area contributed by atoms with Crippen molar-refractivity contribution >= 4 is 0 Å². The van der Waals surface area contributed by atoms with Gasteiger partial charge in [-0.2, -0.15) is 0 Å². The molecule has 0 heterocycles. The molecule has 0 radical (unpaired) electrons. The van der Waals surface area contributed by atoms with Gasteiger partial charge in [0.2, 0.25) is 5.92 Å². The Balaban J connectivity index is 2.42. The minimum absolute atomic E-state index is 0.0989. The molecule has 0 bridgehead atoms. The predicted octanol–water partition coefficient (Wildman–Crippen LogP) is 2.37. The number of hydrogen-bond acceptors (Lipinski definition) is 2. The molecule has 0 aliphatic heterocycles. The third-order valence-corrected chi connectivity index (χ3v) is 3.07. The Kier molecular flexibility index (Phi) is 5.66. The van der Waals surface area contributed by atoms with Gasteiger partial charge in [0.05, 0.1) is 13.2 Å². The van der Waals surface area contributed by atoms with Crippen LogP contribution in [0, 0.1) is 5.92 Å².